The van der Waals surface area contributed by atoms with Gasteiger partial charge in [0.25, 0.3) is 0 Å². The second-order valence-electron chi connectivity index (χ2n) is 5.85. The molecule has 2 bridgehead atoms. The SMILES string of the molecule is COc1ccc(C)cc1C(=O)C1CC2CCC1C2. The van der Waals surface area contributed by atoms with E-state index in [1.165, 1.54) is 19.3 Å². The summed E-state index contributed by atoms with van der Waals surface area (Å²) in [5.74, 6) is 2.73. The minimum absolute atomic E-state index is 0.249. The molecule has 0 aromatic heterocycles. The molecule has 96 valence electrons. The first-order valence-corrected chi connectivity index (χ1v) is 6.88. The van der Waals surface area contributed by atoms with Gasteiger partial charge in [-0.2, -0.15) is 0 Å². The van der Waals surface area contributed by atoms with E-state index >= 15 is 0 Å². The zero-order chi connectivity index (χ0) is 12.7. The summed E-state index contributed by atoms with van der Waals surface area (Å²) in [4.78, 5) is 12.7. The average Bonchev–Trinajstić information content (AvgIpc) is 3.00. The second kappa shape index (κ2) is 4.42. The molecule has 18 heavy (non-hydrogen) atoms. The van der Waals surface area contributed by atoms with Crippen molar-refractivity contribution in [2.75, 3.05) is 7.11 Å². The van der Waals surface area contributed by atoms with Crippen molar-refractivity contribution in [2.45, 2.75) is 32.6 Å². The molecule has 2 aliphatic rings. The molecule has 2 saturated carbocycles. The molecule has 0 spiro atoms. The molecular formula is C16H20O2. The van der Waals surface area contributed by atoms with E-state index in [9.17, 15) is 4.79 Å². The maximum absolute atomic E-state index is 12.7. The van der Waals surface area contributed by atoms with Gasteiger partial charge in [0.05, 0.1) is 12.7 Å². The van der Waals surface area contributed by atoms with Gasteiger partial charge < -0.3 is 4.74 Å². The van der Waals surface area contributed by atoms with E-state index in [-0.39, 0.29) is 5.92 Å². The summed E-state index contributed by atoms with van der Waals surface area (Å²) in [6.07, 6.45) is 4.94. The number of carbonyl (C=O) groups is 1. The summed E-state index contributed by atoms with van der Waals surface area (Å²) in [6, 6.07) is 5.89. The van der Waals surface area contributed by atoms with E-state index in [1.54, 1.807) is 7.11 Å². The Balaban J connectivity index is 1.90. The van der Waals surface area contributed by atoms with Gasteiger partial charge >= 0.3 is 0 Å². The predicted octanol–water partition coefficient (Wildman–Crippen LogP) is 3.62. The lowest BCUT2D eigenvalue weighted by molar-refractivity contribution is 0.0871. The molecule has 0 aliphatic heterocycles. The van der Waals surface area contributed by atoms with Gasteiger partial charge in [0.15, 0.2) is 5.78 Å². The molecule has 0 saturated heterocycles. The number of ether oxygens (including phenoxy) is 1. The van der Waals surface area contributed by atoms with Crippen LogP contribution in [0.5, 0.6) is 5.75 Å². The molecule has 2 heteroatoms. The molecular weight excluding hydrogens is 224 g/mol. The van der Waals surface area contributed by atoms with Crippen LogP contribution in [0.1, 0.15) is 41.6 Å². The van der Waals surface area contributed by atoms with Gasteiger partial charge in [-0.05, 0) is 50.2 Å². The molecule has 2 nitrogen and oxygen atoms in total. The zero-order valence-corrected chi connectivity index (χ0v) is 11.1. The summed E-state index contributed by atoms with van der Waals surface area (Å²) >= 11 is 0. The fraction of sp³-hybridized carbons (Fsp3) is 0.562. The van der Waals surface area contributed by atoms with Crippen LogP contribution in [-0.2, 0) is 0 Å². The van der Waals surface area contributed by atoms with Crippen molar-refractivity contribution in [3.8, 4) is 5.75 Å². The Morgan fingerprint density at radius 1 is 1.28 bits per heavy atom. The first kappa shape index (κ1) is 11.8. The van der Waals surface area contributed by atoms with Gasteiger partial charge in [-0.25, -0.2) is 0 Å². The van der Waals surface area contributed by atoms with E-state index in [0.29, 0.717) is 11.7 Å². The number of hydrogen-bond acceptors (Lipinski definition) is 2. The predicted molar refractivity (Wildman–Crippen MR) is 71.0 cm³/mol. The van der Waals surface area contributed by atoms with Crippen molar-refractivity contribution in [2.24, 2.45) is 17.8 Å². The van der Waals surface area contributed by atoms with Crippen LogP contribution in [0.25, 0.3) is 0 Å². The highest BCUT2D eigenvalue weighted by molar-refractivity contribution is 6.00. The van der Waals surface area contributed by atoms with Gasteiger partial charge in [-0.3, -0.25) is 4.79 Å². The highest BCUT2D eigenvalue weighted by Crippen LogP contribution is 2.49. The van der Waals surface area contributed by atoms with Crippen LogP contribution < -0.4 is 4.74 Å². The molecule has 1 aromatic carbocycles. The number of aryl methyl sites for hydroxylation is 1. The normalized spacial score (nSPS) is 29.6. The Morgan fingerprint density at radius 3 is 2.72 bits per heavy atom. The summed E-state index contributed by atoms with van der Waals surface area (Å²) < 4.78 is 5.34. The average molecular weight is 244 g/mol. The topological polar surface area (TPSA) is 26.3 Å². The van der Waals surface area contributed by atoms with Crippen molar-refractivity contribution in [1.82, 2.24) is 0 Å². The summed E-state index contributed by atoms with van der Waals surface area (Å²) in [7, 11) is 1.64. The van der Waals surface area contributed by atoms with Crippen LogP contribution in [0.15, 0.2) is 18.2 Å². The van der Waals surface area contributed by atoms with Gasteiger partial charge in [0.1, 0.15) is 5.75 Å². The molecule has 0 amide bonds. The van der Waals surface area contributed by atoms with Crippen LogP contribution in [0.3, 0.4) is 0 Å². The molecule has 2 aliphatic carbocycles. The van der Waals surface area contributed by atoms with Crippen molar-refractivity contribution >= 4 is 5.78 Å². The number of fused-ring (bicyclic) bond motifs is 2. The van der Waals surface area contributed by atoms with E-state index < -0.39 is 0 Å². The Bertz CT molecular complexity index is 478. The number of hydrogen-bond donors (Lipinski definition) is 0. The number of benzene rings is 1. The number of carbonyl (C=O) groups excluding carboxylic acids is 1. The van der Waals surface area contributed by atoms with E-state index in [0.717, 1.165) is 29.2 Å². The number of methoxy groups -OCH3 is 1. The third-order valence-electron chi connectivity index (χ3n) is 4.70. The van der Waals surface area contributed by atoms with Gasteiger partial charge in [-0.15, -0.1) is 0 Å². The van der Waals surface area contributed by atoms with E-state index in [1.807, 2.05) is 25.1 Å². The van der Waals surface area contributed by atoms with Crippen molar-refractivity contribution < 1.29 is 9.53 Å². The van der Waals surface area contributed by atoms with Gasteiger partial charge in [0.2, 0.25) is 0 Å². The number of ketones is 1. The Morgan fingerprint density at radius 2 is 2.11 bits per heavy atom. The molecule has 0 heterocycles. The molecule has 3 unspecified atom stereocenters. The highest BCUT2D eigenvalue weighted by atomic mass is 16.5. The fourth-order valence-corrected chi connectivity index (χ4v) is 3.78. The Kier molecular flexibility index (Phi) is 2.89. The minimum Gasteiger partial charge on any atom is -0.496 e. The van der Waals surface area contributed by atoms with Gasteiger partial charge in [0, 0.05) is 5.92 Å². The Labute approximate surface area is 108 Å². The fourth-order valence-electron chi connectivity index (χ4n) is 3.78. The summed E-state index contributed by atoms with van der Waals surface area (Å²) in [6.45, 7) is 2.02. The lowest BCUT2D eigenvalue weighted by Gasteiger charge is -2.21. The lowest BCUT2D eigenvalue weighted by Crippen LogP contribution is -2.21. The molecule has 0 radical (unpaired) electrons. The van der Waals surface area contributed by atoms with Crippen LogP contribution in [-0.4, -0.2) is 12.9 Å². The van der Waals surface area contributed by atoms with Crippen LogP contribution in [0, 0.1) is 24.7 Å². The van der Waals surface area contributed by atoms with Crippen molar-refractivity contribution in [3.63, 3.8) is 0 Å². The largest absolute Gasteiger partial charge is 0.496 e. The van der Waals surface area contributed by atoms with Crippen molar-refractivity contribution in [3.05, 3.63) is 29.3 Å². The quantitative estimate of drug-likeness (QED) is 0.759. The van der Waals surface area contributed by atoms with E-state index in [4.69, 9.17) is 4.74 Å². The highest BCUT2D eigenvalue weighted by Gasteiger charge is 2.43. The van der Waals surface area contributed by atoms with Crippen LogP contribution in [0.2, 0.25) is 0 Å². The maximum Gasteiger partial charge on any atom is 0.169 e. The van der Waals surface area contributed by atoms with Crippen LogP contribution >= 0.6 is 0 Å². The molecule has 3 atom stereocenters. The third-order valence-corrected chi connectivity index (χ3v) is 4.70. The molecule has 1 aromatic rings. The lowest BCUT2D eigenvalue weighted by atomic mass is 9.83. The second-order valence-corrected chi connectivity index (χ2v) is 5.85. The molecule has 0 N–H and O–H groups in total. The summed E-state index contributed by atoms with van der Waals surface area (Å²) in [5.41, 5.74) is 1.91. The number of rotatable bonds is 3. The minimum atomic E-state index is 0.249. The standard InChI is InChI=1S/C16H20O2/c1-10-3-6-15(18-2)14(7-10)16(17)13-9-11-4-5-12(13)8-11/h3,6-7,11-13H,4-5,8-9H2,1-2H3. The maximum atomic E-state index is 12.7. The monoisotopic (exact) mass is 244 g/mol. The first-order chi connectivity index (χ1) is 8.69. The zero-order valence-electron chi connectivity index (χ0n) is 11.1. The molecule has 2 fully saturated rings. The Hall–Kier alpha value is -1.31. The first-order valence-electron chi connectivity index (χ1n) is 6.88. The van der Waals surface area contributed by atoms with Gasteiger partial charge in [-0.1, -0.05) is 18.1 Å². The number of Topliss-reactive ketones (excluding diaryl/α,β-unsaturated/α-hetero) is 1. The van der Waals surface area contributed by atoms with Crippen LogP contribution in [0.4, 0.5) is 0 Å². The smallest absolute Gasteiger partial charge is 0.169 e. The third kappa shape index (κ3) is 1.84. The summed E-state index contributed by atoms with van der Waals surface area (Å²) in [5, 5.41) is 0. The van der Waals surface area contributed by atoms with Crippen molar-refractivity contribution in [1.29, 1.82) is 0 Å². The van der Waals surface area contributed by atoms with E-state index in [2.05, 4.69) is 0 Å². The molecule has 3 rings (SSSR count).